The van der Waals surface area contributed by atoms with Gasteiger partial charge in [0.1, 0.15) is 0 Å². The van der Waals surface area contributed by atoms with Crippen LogP contribution in [0.2, 0.25) is 0 Å². The molecule has 0 bridgehead atoms. The number of carbonyl (C=O) groups is 2. The van der Waals surface area contributed by atoms with Crippen molar-refractivity contribution < 1.29 is 14.7 Å². The summed E-state index contributed by atoms with van der Waals surface area (Å²) in [5.74, 6) is -2.00. The zero-order valence-corrected chi connectivity index (χ0v) is 13.0. The molecule has 0 saturated heterocycles. The summed E-state index contributed by atoms with van der Waals surface area (Å²) in [5, 5.41) is 14.0. The topological polar surface area (TPSA) is 66.4 Å². The lowest BCUT2D eigenvalue weighted by Gasteiger charge is -2.14. The predicted molar refractivity (Wildman–Crippen MR) is 93.1 cm³/mol. The highest BCUT2D eigenvalue weighted by Gasteiger charge is 2.21. The van der Waals surface area contributed by atoms with Crippen LogP contribution in [0.4, 0.5) is 0 Å². The summed E-state index contributed by atoms with van der Waals surface area (Å²) in [4.78, 5) is 24.0. The highest BCUT2D eigenvalue weighted by molar-refractivity contribution is 6.07. The van der Waals surface area contributed by atoms with Crippen LogP contribution in [-0.4, -0.2) is 23.5 Å². The first-order valence-corrected chi connectivity index (χ1v) is 7.70. The molecule has 0 aliphatic heterocycles. The number of aliphatic carboxylic acids is 1. The Hall–Kier alpha value is -3.14. The van der Waals surface area contributed by atoms with Gasteiger partial charge in [0.05, 0.1) is 5.92 Å². The van der Waals surface area contributed by atoms with Crippen molar-refractivity contribution in [2.24, 2.45) is 0 Å². The monoisotopic (exact) mass is 319 g/mol. The lowest BCUT2D eigenvalue weighted by atomic mass is 9.99. The first kappa shape index (κ1) is 15.7. The van der Waals surface area contributed by atoms with E-state index in [0.29, 0.717) is 11.1 Å². The number of carboxylic acids is 1. The van der Waals surface area contributed by atoms with Crippen molar-refractivity contribution >= 4 is 22.6 Å². The number of rotatable bonds is 5. The Labute approximate surface area is 139 Å². The van der Waals surface area contributed by atoms with Crippen LogP contribution in [0.3, 0.4) is 0 Å². The molecule has 24 heavy (non-hydrogen) atoms. The Morgan fingerprint density at radius 2 is 1.54 bits per heavy atom. The number of nitrogens with one attached hydrogen (secondary N) is 1. The van der Waals surface area contributed by atoms with Crippen molar-refractivity contribution in [3.8, 4) is 0 Å². The van der Waals surface area contributed by atoms with Crippen LogP contribution in [-0.2, 0) is 4.79 Å². The lowest BCUT2D eigenvalue weighted by Crippen LogP contribution is -2.31. The second-order valence-electron chi connectivity index (χ2n) is 5.54. The van der Waals surface area contributed by atoms with Crippen LogP contribution in [0.1, 0.15) is 21.8 Å². The molecule has 120 valence electrons. The van der Waals surface area contributed by atoms with Crippen molar-refractivity contribution in [2.75, 3.05) is 6.54 Å². The van der Waals surface area contributed by atoms with Gasteiger partial charge >= 0.3 is 5.97 Å². The first-order valence-electron chi connectivity index (χ1n) is 7.70. The molecule has 0 aliphatic carbocycles. The quantitative estimate of drug-likeness (QED) is 0.757. The zero-order valence-electron chi connectivity index (χ0n) is 13.0. The summed E-state index contributed by atoms with van der Waals surface area (Å²) in [6.07, 6.45) is 0. The smallest absolute Gasteiger partial charge is 0.312 e. The molecule has 0 fully saturated rings. The highest BCUT2D eigenvalue weighted by atomic mass is 16.4. The maximum Gasteiger partial charge on any atom is 0.312 e. The van der Waals surface area contributed by atoms with Crippen LogP contribution in [0.5, 0.6) is 0 Å². The van der Waals surface area contributed by atoms with Crippen LogP contribution >= 0.6 is 0 Å². The van der Waals surface area contributed by atoms with E-state index in [2.05, 4.69) is 5.32 Å². The van der Waals surface area contributed by atoms with Gasteiger partial charge in [0.15, 0.2) is 0 Å². The third-order valence-corrected chi connectivity index (χ3v) is 4.00. The molecule has 0 aliphatic rings. The summed E-state index contributed by atoms with van der Waals surface area (Å²) in [6.45, 7) is 0.0431. The van der Waals surface area contributed by atoms with Gasteiger partial charge in [-0.25, -0.2) is 0 Å². The van der Waals surface area contributed by atoms with Crippen molar-refractivity contribution in [1.29, 1.82) is 0 Å². The molecule has 1 amide bonds. The molecule has 4 nitrogen and oxygen atoms in total. The van der Waals surface area contributed by atoms with E-state index in [4.69, 9.17) is 0 Å². The van der Waals surface area contributed by atoms with E-state index in [0.717, 1.165) is 10.8 Å². The fourth-order valence-electron chi connectivity index (χ4n) is 2.75. The number of hydrogen-bond donors (Lipinski definition) is 2. The number of benzene rings is 3. The van der Waals surface area contributed by atoms with Gasteiger partial charge in [0.25, 0.3) is 5.91 Å². The van der Waals surface area contributed by atoms with Gasteiger partial charge < -0.3 is 10.4 Å². The van der Waals surface area contributed by atoms with Crippen molar-refractivity contribution in [1.82, 2.24) is 5.32 Å². The molecular weight excluding hydrogens is 302 g/mol. The van der Waals surface area contributed by atoms with E-state index in [-0.39, 0.29) is 12.5 Å². The van der Waals surface area contributed by atoms with E-state index in [1.807, 2.05) is 42.5 Å². The van der Waals surface area contributed by atoms with Crippen LogP contribution in [0.15, 0.2) is 72.8 Å². The van der Waals surface area contributed by atoms with Gasteiger partial charge in [-0.2, -0.15) is 0 Å². The van der Waals surface area contributed by atoms with E-state index in [1.54, 1.807) is 30.3 Å². The molecule has 0 saturated carbocycles. The van der Waals surface area contributed by atoms with Gasteiger partial charge in [-0.1, -0.05) is 66.7 Å². The zero-order chi connectivity index (χ0) is 16.9. The van der Waals surface area contributed by atoms with Gasteiger partial charge in [-0.05, 0) is 22.4 Å². The molecule has 0 heterocycles. The third-order valence-electron chi connectivity index (χ3n) is 4.00. The van der Waals surface area contributed by atoms with E-state index >= 15 is 0 Å². The molecule has 3 aromatic carbocycles. The van der Waals surface area contributed by atoms with Crippen LogP contribution < -0.4 is 5.32 Å². The first-order chi connectivity index (χ1) is 11.7. The minimum absolute atomic E-state index is 0.0431. The number of carbonyl (C=O) groups excluding carboxylic acids is 1. The Morgan fingerprint density at radius 1 is 0.875 bits per heavy atom. The fourth-order valence-corrected chi connectivity index (χ4v) is 2.75. The van der Waals surface area contributed by atoms with Crippen molar-refractivity contribution in [3.05, 3.63) is 83.9 Å². The maximum absolute atomic E-state index is 12.5. The normalized spacial score (nSPS) is 11.8. The predicted octanol–water partition coefficient (Wildman–Crippen LogP) is 3.44. The van der Waals surface area contributed by atoms with Crippen molar-refractivity contribution in [2.45, 2.75) is 5.92 Å². The standard InChI is InChI=1S/C20H17NO3/c22-19(17-12-6-10-14-9-4-5-11-16(14)17)21-13-18(20(23)24)15-7-2-1-3-8-15/h1-12,18H,13H2,(H,21,22)(H,23,24). The maximum atomic E-state index is 12.5. The average Bonchev–Trinajstić information content (AvgIpc) is 2.62. The SMILES string of the molecule is O=C(NCC(C(=O)O)c1ccccc1)c1cccc2ccccc12. The van der Waals surface area contributed by atoms with E-state index in [9.17, 15) is 14.7 Å². The molecular formula is C20H17NO3. The fraction of sp³-hybridized carbons (Fsp3) is 0.100. The van der Waals surface area contributed by atoms with Crippen LogP contribution in [0.25, 0.3) is 10.8 Å². The summed E-state index contributed by atoms with van der Waals surface area (Å²) in [5.41, 5.74) is 1.22. The average molecular weight is 319 g/mol. The number of amides is 1. The van der Waals surface area contributed by atoms with Crippen LogP contribution in [0, 0.1) is 0 Å². The molecule has 1 unspecified atom stereocenters. The van der Waals surface area contributed by atoms with E-state index in [1.165, 1.54) is 0 Å². The lowest BCUT2D eigenvalue weighted by molar-refractivity contribution is -0.138. The summed E-state index contributed by atoms with van der Waals surface area (Å²) in [6, 6.07) is 22.0. The summed E-state index contributed by atoms with van der Waals surface area (Å²) < 4.78 is 0. The van der Waals surface area contributed by atoms with Gasteiger partial charge in [-0.3, -0.25) is 9.59 Å². The van der Waals surface area contributed by atoms with Gasteiger partial charge in [0, 0.05) is 12.1 Å². The molecule has 0 radical (unpaired) electrons. The number of carboxylic acid groups (broad SMARTS) is 1. The Morgan fingerprint density at radius 3 is 2.29 bits per heavy atom. The molecule has 4 heteroatoms. The Bertz CT molecular complexity index is 869. The second-order valence-corrected chi connectivity index (χ2v) is 5.54. The third kappa shape index (κ3) is 3.27. The molecule has 0 spiro atoms. The minimum atomic E-state index is -0.959. The summed E-state index contributed by atoms with van der Waals surface area (Å²) >= 11 is 0. The molecule has 2 N–H and O–H groups in total. The molecule has 1 atom stereocenters. The van der Waals surface area contributed by atoms with E-state index < -0.39 is 11.9 Å². The molecule has 0 aromatic heterocycles. The molecule has 3 rings (SSSR count). The number of hydrogen-bond acceptors (Lipinski definition) is 2. The van der Waals surface area contributed by atoms with Crippen molar-refractivity contribution in [3.63, 3.8) is 0 Å². The van der Waals surface area contributed by atoms with Gasteiger partial charge in [0.2, 0.25) is 0 Å². The summed E-state index contributed by atoms with van der Waals surface area (Å²) in [7, 11) is 0. The number of fused-ring (bicyclic) bond motifs is 1. The second kappa shape index (κ2) is 6.96. The Kier molecular flexibility index (Phi) is 4.57. The Balaban J connectivity index is 1.80. The highest BCUT2D eigenvalue weighted by Crippen LogP contribution is 2.19. The molecule has 3 aromatic rings. The minimum Gasteiger partial charge on any atom is -0.481 e. The van der Waals surface area contributed by atoms with Gasteiger partial charge in [-0.15, -0.1) is 0 Å². The largest absolute Gasteiger partial charge is 0.481 e.